The first kappa shape index (κ1) is 22.5. The summed E-state index contributed by atoms with van der Waals surface area (Å²) in [4.78, 5) is 19.7. The third kappa shape index (κ3) is 3.86. The highest BCUT2D eigenvalue weighted by molar-refractivity contribution is 6.04. The molecule has 0 spiro atoms. The topological polar surface area (TPSA) is 51.6 Å². The van der Waals surface area contributed by atoms with Gasteiger partial charge in [-0.05, 0) is 59.3 Å². The molecular weight excluding hydrogens is 488 g/mol. The van der Waals surface area contributed by atoms with E-state index < -0.39 is 0 Å². The maximum absolute atomic E-state index is 5.12. The molecule has 0 radical (unpaired) electrons. The third-order valence-corrected chi connectivity index (χ3v) is 7.46. The largest absolute Gasteiger partial charge is 0.256 e. The summed E-state index contributed by atoms with van der Waals surface area (Å²) in [7, 11) is 0. The molecule has 0 aliphatic carbocycles. The van der Waals surface area contributed by atoms with Gasteiger partial charge in [-0.15, -0.1) is 0 Å². The minimum Gasteiger partial charge on any atom is -0.256 e. The average Bonchev–Trinajstić information content (AvgIpc) is 3.03. The van der Waals surface area contributed by atoms with Crippen molar-refractivity contribution in [1.29, 1.82) is 0 Å². The number of hydrogen-bond donors (Lipinski definition) is 0. The molecule has 0 saturated heterocycles. The Kier molecular flexibility index (Phi) is 5.10. The Morgan fingerprint density at radius 3 is 1.70 bits per heavy atom. The lowest BCUT2D eigenvalue weighted by Gasteiger charge is -2.09. The van der Waals surface area contributed by atoms with Gasteiger partial charge < -0.3 is 0 Å². The summed E-state index contributed by atoms with van der Waals surface area (Å²) in [5.41, 5.74) is 8.35. The van der Waals surface area contributed by atoms with Crippen molar-refractivity contribution in [3.63, 3.8) is 0 Å². The van der Waals surface area contributed by atoms with Gasteiger partial charge in [0.1, 0.15) is 0 Å². The Morgan fingerprint density at radius 2 is 0.950 bits per heavy atom. The predicted molar refractivity (Wildman–Crippen MR) is 164 cm³/mol. The first-order chi connectivity index (χ1) is 19.8. The number of pyridine rings is 4. The maximum Gasteiger partial charge on any atom is 0.0973 e. The monoisotopic (exact) mass is 510 g/mol. The van der Waals surface area contributed by atoms with Gasteiger partial charge in [-0.2, -0.15) is 0 Å². The lowest BCUT2D eigenvalue weighted by atomic mass is 10.0. The van der Waals surface area contributed by atoms with Gasteiger partial charge in [0.05, 0.1) is 39.3 Å². The minimum atomic E-state index is 0.833. The van der Waals surface area contributed by atoms with Crippen molar-refractivity contribution in [3.8, 4) is 33.9 Å². The van der Waals surface area contributed by atoms with Crippen LogP contribution in [0.5, 0.6) is 0 Å². The van der Waals surface area contributed by atoms with Crippen molar-refractivity contribution in [1.82, 2.24) is 19.9 Å². The van der Waals surface area contributed by atoms with Crippen LogP contribution in [0.1, 0.15) is 0 Å². The molecule has 0 amide bonds. The van der Waals surface area contributed by atoms with Crippen molar-refractivity contribution >= 4 is 43.5 Å². The molecule has 4 aromatic carbocycles. The summed E-state index contributed by atoms with van der Waals surface area (Å²) in [6, 6.07) is 43.8. The SMILES string of the molecule is c1ccc(-c2cccc(-c3ccc4ccc5ccc(-c6ccc7cc8ccccc8cc7n6)nc5c4n3)c2)nc1. The fourth-order valence-corrected chi connectivity index (χ4v) is 5.40. The van der Waals surface area contributed by atoms with Crippen molar-refractivity contribution in [3.05, 3.63) is 134 Å². The van der Waals surface area contributed by atoms with E-state index in [1.165, 1.54) is 10.8 Å². The van der Waals surface area contributed by atoms with Crippen LogP contribution in [0.15, 0.2) is 134 Å². The molecule has 186 valence electrons. The second-order valence-electron chi connectivity index (χ2n) is 9.99. The van der Waals surface area contributed by atoms with Crippen LogP contribution in [0.2, 0.25) is 0 Å². The minimum absolute atomic E-state index is 0.833. The third-order valence-electron chi connectivity index (χ3n) is 7.46. The van der Waals surface area contributed by atoms with E-state index in [4.69, 9.17) is 15.0 Å². The Morgan fingerprint density at radius 1 is 0.350 bits per heavy atom. The van der Waals surface area contributed by atoms with Gasteiger partial charge in [-0.1, -0.05) is 78.9 Å². The molecular formula is C36H22N4. The second-order valence-corrected chi connectivity index (χ2v) is 9.99. The van der Waals surface area contributed by atoms with Crippen LogP contribution < -0.4 is 0 Å². The molecule has 4 aromatic heterocycles. The van der Waals surface area contributed by atoms with Gasteiger partial charge in [-0.25, -0.2) is 15.0 Å². The molecule has 0 saturated carbocycles. The Labute approximate surface area is 230 Å². The summed E-state index contributed by atoms with van der Waals surface area (Å²) in [6.45, 7) is 0. The maximum atomic E-state index is 5.12. The van der Waals surface area contributed by atoms with Crippen LogP contribution in [0.25, 0.3) is 77.4 Å². The summed E-state index contributed by atoms with van der Waals surface area (Å²) in [5, 5.41) is 5.62. The van der Waals surface area contributed by atoms with E-state index in [-0.39, 0.29) is 0 Å². The Balaban J connectivity index is 1.26. The number of hydrogen-bond acceptors (Lipinski definition) is 4. The van der Waals surface area contributed by atoms with Gasteiger partial charge >= 0.3 is 0 Å². The van der Waals surface area contributed by atoms with E-state index in [0.717, 1.165) is 66.6 Å². The lowest BCUT2D eigenvalue weighted by Crippen LogP contribution is -1.93. The Bertz CT molecular complexity index is 2220. The van der Waals surface area contributed by atoms with Crippen LogP contribution in [-0.4, -0.2) is 19.9 Å². The predicted octanol–water partition coefficient (Wildman–Crippen LogP) is 8.88. The lowest BCUT2D eigenvalue weighted by molar-refractivity contribution is 1.31. The molecule has 0 atom stereocenters. The number of rotatable bonds is 3. The van der Waals surface area contributed by atoms with Crippen LogP contribution in [0, 0.1) is 0 Å². The molecule has 40 heavy (non-hydrogen) atoms. The van der Waals surface area contributed by atoms with Crippen LogP contribution in [-0.2, 0) is 0 Å². The van der Waals surface area contributed by atoms with Gasteiger partial charge in [0.2, 0.25) is 0 Å². The fourth-order valence-electron chi connectivity index (χ4n) is 5.40. The summed E-state index contributed by atoms with van der Waals surface area (Å²) < 4.78 is 0. The van der Waals surface area contributed by atoms with E-state index in [2.05, 4.69) is 108 Å². The summed E-state index contributed by atoms with van der Waals surface area (Å²) in [5.74, 6) is 0. The van der Waals surface area contributed by atoms with Crippen LogP contribution in [0.4, 0.5) is 0 Å². The van der Waals surface area contributed by atoms with Crippen LogP contribution in [0.3, 0.4) is 0 Å². The number of aromatic nitrogens is 4. The highest BCUT2D eigenvalue weighted by atomic mass is 14.8. The van der Waals surface area contributed by atoms with Gasteiger partial charge in [0, 0.05) is 33.5 Å². The molecule has 4 heteroatoms. The van der Waals surface area contributed by atoms with Crippen LogP contribution >= 0.6 is 0 Å². The molecule has 4 heterocycles. The van der Waals surface area contributed by atoms with Crippen molar-refractivity contribution < 1.29 is 0 Å². The highest BCUT2D eigenvalue weighted by Gasteiger charge is 2.11. The smallest absolute Gasteiger partial charge is 0.0973 e. The first-order valence-corrected chi connectivity index (χ1v) is 13.3. The van der Waals surface area contributed by atoms with Crippen molar-refractivity contribution in [2.75, 3.05) is 0 Å². The second kappa shape index (κ2) is 9.07. The zero-order chi connectivity index (χ0) is 26.5. The standard InChI is InChI=1S/C36H22N4/c1-2-7-26-22-34-29(20-25(26)6-1)15-18-32(38-34)33-17-14-24-12-11-23-13-16-31(39-35(23)36(24)40-33)28-9-5-8-27(21-28)30-10-3-4-19-37-30/h1-22H. The van der Waals surface area contributed by atoms with Gasteiger partial charge in [0.25, 0.3) is 0 Å². The quantitative estimate of drug-likeness (QED) is 0.176. The van der Waals surface area contributed by atoms with E-state index in [9.17, 15) is 0 Å². The zero-order valence-electron chi connectivity index (χ0n) is 21.5. The van der Waals surface area contributed by atoms with Gasteiger partial charge in [-0.3, -0.25) is 4.98 Å². The summed E-state index contributed by atoms with van der Waals surface area (Å²) in [6.07, 6.45) is 1.82. The van der Waals surface area contributed by atoms with E-state index in [0.29, 0.717) is 0 Å². The first-order valence-electron chi connectivity index (χ1n) is 13.3. The molecule has 0 N–H and O–H groups in total. The van der Waals surface area contributed by atoms with Crippen molar-refractivity contribution in [2.24, 2.45) is 0 Å². The molecule has 0 unspecified atom stereocenters. The van der Waals surface area contributed by atoms with E-state index in [1.54, 1.807) is 0 Å². The highest BCUT2D eigenvalue weighted by Crippen LogP contribution is 2.31. The number of nitrogens with zero attached hydrogens (tertiary/aromatic N) is 4. The number of benzene rings is 4. The summed E-state index contributed by atoms with van der Waals surface area (Å²) >= 11 is 0. The van der Waals surface area contributed by atoms with Crippen molar-refractivity contribution in [2.45, 2.75) is 0 Å². The molecule has 8 rings (SSSR count). The molecule has 0 aliphatic rings. The molecule has 0 bridgehead atoms. The fraction of sp³-hybridized carbons (Fsp3) is 0. The van der Waals surface area contributed by atoms with E-state index >= 15 is 0 Å². The molecule has 4 nitrogen and oxygen atoms in total. The average molecular weight is 511 g/mol. The van der Waals surface area contributed by atoms with E-state index in [1.807, 2.05) is 30.5 Å². The zero-order valence-corrected chi connectivity index (χ0v) is 21.5. The molecule has 8 aromatic rings. The Hall–Kier alpha value is -5.48. The number of fused-ring (bicyclic) bond motifs is 5. The normalized spacial score (nSPS) is 11.5. The molecule has 0 aliphatic heterocycles. The van der Waals surface area contributed by atoms with Gasteiger partial charge in [0.15, 0.2) is 0 Å². The molecule has 0 fully saturated rings.